The minimum Gasteiger partial charge on any atom is -0.497 e. The molecule has 110 valence electrons. The van der Waals surface area contributed by atoms with Crippen LogP contribution in [0.1, 0.15) is 0 Å². The van der Waals surface area contributed by atoms with Gasteiger partial charge in [-0.05, 0) is 24.8 Å². The first-order valence-electron chi connectivity index (χ1n) is 7.15. The number of hydrogen-bond donors (Lipinski definition) is 1. The van der Waals surface area contributed by atoms with Gasteiger partial charge >= 0.3 is 0 Å². The van der Waals surface area contributed by atoms with Crippen LogP contribution in [0.4, 0.5) is 5.69 Å². The van der Waals surface area contributed by atoms with Crippen molar-refractivity contribution in [2.24, 2.45) is 0 Å². The molecule has 0 aliphatic carbocycles. The molecule has 1 N–H and O–H groups in total. The van der Waals surface area contributed by atoms with Crippen LogP contribution < -0.4 is 15.0 Å². The third-order valence-corrected chi connectivity index (χ3v) is 3.66. The number of methoxy groups -OCH3 is 1. The molecular weight excluding hydrogens is 250 g/mol. The number of anilines is 1. The van der Waals surface area contributed by atoms with Gasteiger partial charge in [-0.15, -0.1) is 0 Å². The summed E-state index contributed by atoms with van der Waals surface area (Å²) in [5.74, 6) is 0.923. The lowest BCUT2D eigenvalue weighted by Crippen LogP contribution is -2.47. The summed E-state index contributed by atoms with van der Waals surface area (Å²) < 4.78 is 5.29. The molecule has 1 aromatic rings. The Morgan fingerprint density at radius 3 is 2.70 bits per heavy atom. The molecule has 1 aliphatic rings. The lowest BCUT2D eigenvalue weighted by molar-refractivity contribution is 0.277. The Bertz CT molecular complexity index is 439. The Hall–Kier alpha value is -1.52. The first kappa shape index (κ1) is 14.9. The fraction of sp³-hybridized carbons (Fsp3) is 0.500. The maximum Gasteiger partial charge on any atom is 0.120 e. The van der Waals surface area contributed by atoms with E-state index in [-0.39, 0.29) is 0 Å². The SMILES string of the molecule is C=C(CNC)CN1CCN(c2cccc(OC)c2)CC1. The molecule has 0 atom stereocenters. The quantitative estimate of drug-likeness (QED) is 0.798. The largest absolute Gasteiger partial charge is 0.497 e. The summed E-state index contributed by atoms with van der Waals surface area (Å²) in [5, 5.41) is 3.15. The van der Waals surface area contributed by atoms with Gasteiger partial charge in [0.05, 0.1) is 7.11 Å². The molecule has 0 spiro atoms. The van der Waals surface area contributed by atoms with Gasteiger partial charge < -0.3 is 15.0 Å². The highest BCUT2D eigenvalue weighted by Crippen LogP contribution is 2.22. The molecule has 0 aromatic heterocycles. The van der Waals surface area contributed by atoms with Crippen molar-refractivity contribution >= 4 is 5.69 Å². The summed E-state index contributed by atoms with van der Waals surface area (Å²) in [6.07, 6.45) is 0. The highest BCUT2D eigenvalue weighted by atomic mass is 16.5. The topological polar surface area (TPSA) is 27.7 Å². The number of nitrogens with one attached hydrogen (secondary N) is 1. The molecule has 4 nitrogen and oxygen atoms in total. The average molecular weight is 275 g/mol. The van der Waals surface area contributed by atoms with Crippen molar-refractivity contribution in [3.8, 4) is 5.75 Å². The van der Waals surface area contributed by atoms with Gasteiger partial charge in [0.1, 0.15) is 5.75 Å². The Labute approximate surface area is 122 Å². The number of rotatable bonds is 6. The molecule has 0 unspecified atom stereocenters. The third-order valence-electron chi connectivity index (χ3n) is 3.66. The number of hydrogen-bond acceptors (Lipinski definition) is 4. The van der Waals surface area contributed by atoms with Crippen molar-refractivity contribution in [1.82, 2.24) is 10.2 Å². The van der Waals surface area contributed by atoms with Crippen molar-refractivity contribution in [2.45, 2.75) is 0 Å². The van der Waals surface area contributed by atoms with Gasteiger partial charge in [0.25, 0.3) is 0 Å². The molecular formula is C16H25N3O. The zero-order valence-electron chi connectivity index (χ0n) is 12.6. The van der Waals surface area contributed by atoms with Crippen LogP contribution in [0.15, 0.2) is 36.4 Å². The van der Waals surface area contributed by atoms with Crippen molar-refractivity contribution < 1.29 is 4.74 Å². The standard InChI is InChI=1S/C16H25N3O/c1-14(12-17-2)13-18-7-9-19(10-8-18)15-5-4-6-16(11-15)20-3/h4-6,11,17H,1,7-10,12-13H2,2-3H3. The van der Waals surface area contributed by atoms with Crippen LogP contribution in [-0.2, 0) is 0 Å². The summed E-state index contributed by atoms with van der Waals surface area (Å²) in [6.45, 7) is 10.3. The first-order chi connectivity index (χ1) is 9.72. The zero-order valence-corrected chi connectivity index (χ0v) is 12.6. The van der Waals surface area contributed by atoms with Crippen molar-refractivity contribution in [2.75, 3.05) is 58.3 Å². The number of benzene rings is 1. The molecule has 2 rings (SSSR count). The minimum atomic E-state index is 0.899. The van der Waals surface area contributed by atoms with Crippen LogP contribution in [0.3, 0.4) is 0 Å². The van der Waals surface area contributed by atoms with E-state index in [9.17, 15) is 0 Å². The molecule has 0 bridgehead atoms. The van der Waals surface area contributed by atoms with E-state index < -0.39 is 0 Å². The van der Waals surface area contributed by atoms with Crippen LogP contribution in [-0.4, -0.2) is 58.3 Å². The molecule has 0 saturated carbocycles. The van der Waals surface area contributed by atoms with Crippen LogP contribution >= 0.6 is 0 Å². The second kappa shape index (κ2) is 7.31. The predicted molar refractivity (Wildman–Crippen MR) is 84.7 cm³/mol. The summed E-state index contributed by atoms with van der Waals surface area (Å²) in [5.41, 5.74) is 2.50. The molecule has 4 heteroatoms. The van der Waals surface area contributed by atoms with Gasteiger partial charge in [0.15, 0.2) is 0 Å². The zero-order chi connectivity index (χ0) is 14.4. The van der Waals surface area contributed by atoms with Crippen LogP contribution in [0.5, 0.6) is 5.75 Å². The van der Waals surface area contributed by atoms with Gasteiger partial charge in [0.2, 0.25) is 0 Å². The van der Waals surface area contributed by atoms with E-state index in [2.05, 4.69) is 39.9 Å². The van der Waals surface area contributed by atoms with Gasteiger partial charge in [0, 0.05) is 51.0 Å². The van der Waals surface area contributed by atoms with E-state index in [1.807, 2.05) is 13.1 Å². The molecule has 20 heavy (non-hydrogen) atoms. The van der Waals surface area contributed by atoms with E-state index in [0.29, 0.717) is 0 Å². The molecule has 1 heterocycles. The summed E-state index contributed by atoms with van der Waals surface area (Å²) >= 11 is 0. The monoisotopic (exact) mass is 275 g/mol. The van der Waals surface area contributed by atoms with E-state index in [1.54, 1.807) is 7.11 Å². The van der Waals surface area contributed by atoms with E-state index in [0.717, 1.165) is 45.0 Å². The van der Waals surface area contributed by atoms with Crippen molar-refractivity contribution in [1.29, 1.82) is 0 Å². The predicted octanol–water partition coefficient (Wildman–Crippen LogP) is 1.59. The van der Waals surface area contributed by atoms with Crippen LogP contribution in [0, 0.1) is 0 Å². The van der Waals surface area contributed by atoms with Gasteiger partial charge in [-0.2, -0.15) is 0 Å². The molecule has 1 fully saturated rings. The summed E-state index contributed by atoms with van der Waals surface area (Å²) in [7, 11) is 3.68. The maximum absolute atomic E-state index is 5.29. The van der Waals surface area contributed by atoms with E-state index in [1.165, 1.54) is 11.3 Å². The van der Waals surface area contributed by atoms with E-state index >= 15 is 0 Å². The van der Waals surface area contributed by atoms with Gasteiger partial charge in [-0.25, -0.2) is 0 Å². The number of nitrogens with zero attached hydrogens (tertiary/aromatic N) is 2. The third kappa shape index (κ3) is 3.99. The normalized spacial score (nSPS) is 16.2. The molecule has 1 aromatic carbocycles. The lowest BCUT2D eigenvalue weighted by atomic mass is 10.2. The number of ether oxygens (including phenoxy) is 1. The van der Waals surface area contributed by atoms with Gasteiger partial charge in [-0.3, -0.25) is 4.90 Å². The second-order valence-electron chi connectivity index (χ2n) is 5.25. The molecule has 0 amide bonds. The molecule has 1 saturated heterocycles. The fourth-order valence-corrected chi connectivity index (χ4v) is 2.59. The summed E-state index contributed by atoms with van der Waals surface area (Å²) in [4.78, 5) is 4.89. The Kier molecular flexibility index (Phi) is 5.44. The van der Waals surface area contributed by atoms with E-state index in [4.69, 9.17) is 4.74 Å². The van der Waals surface area contributed by atoms with Crippen LogP contribution in [0.2, 0.25) is 0 Å². The fourth-order valence-electron chi connectivity index (χ4n) is 2.59. The first-order valence-corrected chi connectivity index (χ1v) is 7.15. The van der Waals surface area contributed by atoms with Crippen LogP contribution in [0.25, 0.3) is 0 Å². The Morgan fingerprint density at radius 2 is 2.05 bits per heavy atom. The lowest BCUT2D eigenvalue weighted by Gasteiger charge is -2.36. The minimum absolute atomic E-state index is 0.899. The summed E-state index contributed by atoms with van der Waals surface area (Å²) in [6, 6.07) is 8.30. The second-order valence-corrected chi connectivity index (χ2v) is 5.25. The Morgan fingerprint density at radius 1 is 1.30 bits per heavy atom. The highest BCUT2D eigenvalue weighted by molar-refractivity contribution is 5.51. The maximum atomic E-state index is 5.29. The Balaban J connectivity index is 1.86. The highest BCUT2D eigenvalue weighted by Gasteiger charge is 2.17. The number of piperazine rings is 1. The average Bonchev–Trinajstić information content (AvgIpc) is 2.48. The smallest absolute Gasteiger partial charge is 0.120 e. The van der Waals surface area contributed by atoms with Gasteiger partial charge in [-0.1, -0.05) is 12.6 Å². The number of likely N-dealkylation sites (N-methyl/N-ethyl adjacent to an activating group) is 1. The van der Waals surface area contributed by atoms with Crippen molar-refractivity contribution in [3.63, 3.8) is 0 Å². The molecule has 0 radical (unpaired) electrons. The molecule has 1 aliphatic heterocycles. The van der Waals surface area contributed by atoms with Crippen molar-refractivity contribution in [3.05, 3.63) is 36.4 Å².